The summed E-state index contributed by atoms with van der Waals surface area (Å²) in [5.41, 5.74) is 6.39. The number of nitrogens with zero attached hydrogens (tertiary/aromatic N) is 1. The van der Waals surface area contributed by atoms with Crippen molar-refractivity contribution >= 4 is 0 Å². The van der Waals surface area contributed by atoms with Crippen molar-refractivity contribution in [3.63, 3.8) is 0 Å². The van der Waals surface area contributed by atoms with Gasteiger partial charge in [-0.25, -0.2) is 0 Å². The van der Waals surface area contributed by atoms with Gasteiger partial charge in [0, 0.05) is 25.2 Å². The number of hydrogen-bond donors (Lipinski definition) is 1. The maximum absolute atomic E-state index is 6.24. The fraction of sp³-hybridized carbons (Fsp3) is 1.00. The van der Waals surface area contributed by atoms with E-state index in [4.69, 9.17) is 10.5 Å². The standard InChI is InChI=1S/C17H36N2O/c1-14(2)9-17(13-18,10-15(3)4)19(5)11-16-7-6-8-20-12-16/h14-16H,6-13,18H2,1-5H3. The largest absolute Gasteiger partial charge is 0.381 e. The van der Waals surface area contributed by atoms with Gasteiger partial charge in [-0.15, -0.1) is 0 Å². The van der Waals surface area contributed by atoms with Crippen molar-refractivity contribution in [2.75, 3.05) is 33.4 Å². The van der Waals surface area contributed by atoms with Crippen molar-refractivity contribution in [1.82, 2.24) is 4.90 Å². The molecule has 1 heterocycles. The Morgan fingerprint density at radius 3 is 2.20 bits per heavy atom. The summed E-state index contributed by atoms with van der Waals surface area (Å²) in [6.07, 6.45) is 4.88. The van der Waals surface area contributed by atoms with Crippen molar-refractivity contribution in [3.05, 3.63) is 0 Å². The lowest BCUT2D eigenvalue weighted by atomic mass is 9.80. The molecule has 3 nitrogen and oxygen atoms in total. The fourth-order valence-electron chi connectivity index (χ4n) is 3.77. The molecule has 20 heavy (non-hydrogen) atoms. The van der Waals surface area contributed by atoms with Crippen LogP contribution in [-0.2, 0) is 4.74 Å². The topological polar surface area (TPSA) is 38.5 Å². The second-order valence-corrected chi connectivity index (χ2v) is 7.59. The van der Waals surface area contributed by atoms with Gasteiger partial charge in [-0.1, -0.05) is 27.7 Å². The quantitative estimate of drug-likeness (QED) is 0.744. The van der Waals surface area contributed by atoms with Crippen molar-refractivity contribution in [2.24, 2.45) is 23.5 Å². The molecular formula is C17H36N2O. The monoisotopic (exact) mass is 284 g/mol. The third-order valence-electron chi connectivity index (χ3n) is 4.55. The van der Waals surface area contributed by atoms with Gasteiger partial charge in [-0.2, -0.15) is 0 Å². The number of nitrogens with two attached hydrogens (primary N) is 1. The van der Waals surface area contributed by atoms with E-state index >= 15 is 0 Å². The minimum absolute atomic E-state index is 0.153. The minimum Gasteiger partial charge on any atom is -0.381 e. The Balaban J connectivity index is 2.72. The Bertz CT molecular complexity index is 250. The van der Waals surface area contributed by atoms with Crippen LogP contribution in [0.15, 0.2) is 0 Å². The molecule has 0 aliphatic carbocycles. The molecule has 1 saturated heterocycles. The highest BCUT2D eigenvalue weighted by atomic mass is 16.5. The van der Waals surface area contributed by atoms with Crippen LogP contribution in [0.4, 0.5) is 0 Å². The fourth-order valence-corrected chi connectivity index (χ4v) is 3.77. The molecule has 0 radical (unpaired) electrons. The van der Waals surface area contributed by atoms with Gasteiger partial charge in [0.2, 0.25) is 0 Å². The molecule has 1 fully saturated rings. The van der Waals surface area contributed by atoms with E-state index in [1.807, 2.05) is 0 Å². The Morgan fingerprint density at radius 2 is 1.80 bits per heavy atom. The molecule has 0 bridgehead atoms. The second kappa shape index (κ2) is 8.35. The highest BCUT2D eigenvalue weighted by Gasteiger charge is 2.35. The lowest BCUT2D eigenvalue weighted by Crippen LogP contribution is -2.55. The first-order valence-electron chi connectivity index (χ1n) is 8.38. The third kappa shape index (κ3) is 5.34. The maximum Gasteiger partial charge on any atom is 0.0506 e. The van der Waals surface area contributed by atoms with E-state index in [1.54, 1.807) is 0 Å². The van der Waals surface area contributed by atoms with Crippen LogP contribution in [0.2, 0.25) is 0 Å². The zero-order chi connectivity index (χ0) is 15.2. The van der Waals surface area contributed by atoms with Crippen molar-refractivity contribution < 1.29 is 4.74 Å². The van der Waals surface area contributed by atoms with Crippen LogP contribution in [0.5, 0.6) is 0 Å². The zero-order valence-electron chi connectivity index (χ0n) is 14.3. The van der Waals surface area contributed by atoms with E-state index in [-0.39, 0.29) is 5.54 Å². The van der Waals surface area contributed by atoms with Crippen LogP contribution in [0.1, 0.15) is 53.4 Å². The molecule has 1 aliphatic heterocycles. The summed E-state index contributed by atoms with van der Waals surface area (Å²) in [4.78, 5) is 2.55. The van der Waals surface area contributed by atoms with E-state index < -0.39 is 0 Å². The molecule has 1 rings (SSSR count). The molecule has 0 amide bonds. The van der Waals surface area contributed by atoms with Crippen molar-refractivity contribution in [2.45, 2.75) is 58.9 Å². The molecule has 0 spiro atoms. The molecule has 0 aromatic rings. The van der Waals surface area contributed by atoms with E-state index in [1.165, 1.54) is 25.7 Å². The molecular weight excluding hydrogens is 248 g/mol. The minimum atomic E-state index is 0.153. The summed E-state index contributed by atoms with van der Waals surface area (Å²) in [7, 11) is 2.27. The number of ether oxygens (including phenoxy) is 1. The molecule has 0 aromatic carbocycles. The van der Waals surface area contributed by atoms with Crippen molar-refractivity contribution in [3.8, 4) is 0 Å². The van der Waals surface area contributed by atoms with E-state index in [2.05, 4.69) is 39.6 Å². The second-order valence-electron chi connectivity index (χ2n) is 7.59. The lowest BCUT2D eigenvalue weighted by molar-refractivity contribution is 0.00891. The van der Waals surface area contributed by atoms with Crippen LogP contribution in [0.25, 0.3) is 0 Å². The number of likely N-dealkylation sites (N-methyl/N-ethyl adjacent to an activating group) is 1. The van der Waals surface area contributed by atoms with E-state index in [0.29, 0.717) is 17.8 Å². The molecule has 1 aliphatic rings. The average Bonchev–Trinajstić information content (AvgIpc) is 2.37. The van der Waals surface area contributed by atoms with E-state index in [9.17, 15) is 0 Å². The summed E-state index contributed by atoms with van der Waals surface area (Å²) in [5.74, 6) is 2.05. The van der Waals surface area contributed by atoms with Crippen LogP contribution < -0.4 is 5.73 Å². The first-order valence-corrected chi connectivity index (χ1v) is 8.38. The highest BCUT2D eigenvalue weighted by Crippen LogP contribution is 2.31. The summed E-state index contributed by atoms with van der Waals surface area (Å²) in [5, 5.41) is 0. The Labute approximate surface area is 126 Å². The van der Waals surface area contributed by atoms with Gasteiger partial charge < -0.3 is 10.5 Å². The average molecular weight is 284 g/mol. The predicted molar refractivity (Wildman–Crippen MR) is 86.9 cm³/mol. The molecule has 2 N–H and O–H groups in total. The first kappa shape index (κ1) is 17.9. The van der Waals surface area contributed by atoms with E-state index in [0.717, 1.165) is 26.3 Å². The van der Waals surface area contributed by atoms with Gasteiger partial charge in [0.05, 0.1) is 6.61 Å². The maximum atomic E-state index is 6.24. The molecule has 0 aromatic heterocycles. The SMILES string of the molecule is CC(C)CC(CN)(CC(C)C)N(C)CC1CCCOC1. The van der Waals surface area contributed by atoms with Crippen LogP contribution in [0, 0.1) is 17.8 Å². The molecule has 1 unspecified atom stereocenters. The first-order chi connectivity index (χ1) is 9.39. The normalized spacial score (nSPS) is 21.1. The van der Waals surface area contributed by atoms with Gasteiger partial charge in [0.25, 0.3) is 0 Å². The lowest BCUT2D eigenvalue weighted by Gasteiger charge is -2.45. The molecule has 0 saturated carbocycles. The van der Waals surface area contributed by atoms with Crippen LogP contribution in [0.3, 0.4) is 0 Å². The third-order valence-corrected chi connectivity index (χ3v) is 4.55. The van der Waals surface area contributed by atoms with Crippen LogP contribution in [-0.4, -0.2) is 43.8 Å². The summed E-state index contributed by atoms with van der Waals surface area (Å²) in [6, 6.07) is 0. The number of hydrogen-bond acceptors (Lipinski definition) is 3. The van der Waals surface area contributed by atoms with Gasteiger partial charge >= 0.3 is 0 Å². The summed E-state index contributed by atoms with van der Waals surface area (Å²) >= 11 is 0. The smallest absolute Gasteiger partial charge is 0.0506 e. The highest BCUT2D eigenvalue weighted by molar-refractivity contribution is 4.93. The Kier molecular flexibility index (Phi) is 7.49. The van der Waals surface area contributed by atoms with Gasteiger partial charge in [0.1, 0.15) is 0 Å². The van der Waals surface area contributed by atoms with Crippen molar-refractivity contribution in [1.29, 1.82) is 0 Å². The van der Waals surface area contributed by atoms with Gasteiger partial charge in [-0.3, -0.25) is 4.90 Å². The summed E-state index contributed by atoms with van der Waals surface area (Å²) < 4.78 is 5.63. The Morgan fingerprint density at radius 1 is 1.20 bits per heavy atom. The Hall–Kier alpha value is -0.120. The molecule has 1 atom stereocenters. The predicted octanol–water partition coefficient (Wildman–Crippen LogP) is 3.13. The summed E-state index contributed by atoms with van der Waals surface area (Å²) in [6.45, 7) is 13.0. The number of rotatable bonds is 8. The molecule has 120 valence electrons. The van der Waals surface area contributed by atoms with Gasteiger partial charge in [0.15, 0.2) is 0 Å². The zero-order valence-corrected chi connectivity index (χ0v) is 14.3. The van der Waals surface area contributed by atoms with Crippen LogP contribution >= 0.6 is 0 Å². The van der Waals surface area contributed by atoms with Gasteiger partial charge in [-0.05, 0) is 50.5 Å². The molecule has 3 heteroatoms.